The summed E-state index contributed by atoms with van der Waals surface area (Å²) in [4.78, 5) is 14.4. The summed E-state index contributed by atoms with van der Waals surface area (Å²) in [7, 11) is -3.79. The lowest BCUT2D eigenvalue weighted by molar-refractivity contribution is -0.376. The molecule has 2 aromatic rings. The fourth-order valence-electron chi connectivity index (χ4n) is 3.36. The molecule has 1 aliphatic heterocycles. The fraction of sp³-hybridized carbons (Fsp3) is 0.474. The van der Waals surface area contributed by atoms with E-state index < -0.39 is 51.7 Å². The third kappa shape index (κ3) is 6.49. The number of aromatic nitrogens is 1. The number of sulfonamides is 1. The molecule has 214 valence electrons. The van der Waals surface area contributed by atoms with E-state index in [1.807, 2.05) is 0 Å². The molecule has 19 heteroatoms. The van der Waals surface area contributed by atoms with E-state index in [4.69, 9.17) is 9.90 Å². The van der Waals surface area contributed by atoms with E-state index in [0.29, 0.717) is 17.8 Å². The van der Waals surface area contributed by atoms with Crippen molar-refractivity contribution in [3.63, 3.8) is 0 Å². The van der Waals surface area contributed by atoms with Crippen LogP contribution < -0.4 is 4.90 Å². The Morgan fingerprint density at radius 2 is 1.50 bits per heavy atom. The van der Waals surface area contributed by atoms with Gasteiger partial charge >= 0.3 is 24.5 Å². The van der Waals surface area contributed by atoms with Crippen molar-refractivity contribution in [2.24, 2.45) is 0 Å². The van der Waals surface area contributed by atoms with Gasteiger partial charge in [-0.05, 0) is 19.1 Å². The van der Waals surface area contributed by atoms with Crippen molar-refractivity contribution >= 4 is 33.0 Å². The predicted octanol–water partition coefficient (Wildman–Crippen LogP) is 3.99. The molecule has 0 aliphatic carbocycles. The highest BCUT2D eigenvalue weighted by Gasteiger charge is 2.71. The van der Waals surface area contributed by atoms with Crippen molar-refractivity contribution in [3.8, 4) is 0 Å². The number of carboxylic acids is 1. The highest BCUT2D eigenvalue weighted by atomic mass is 32.2. The van der Waals surface area contributed by atoms with Crippen molar-refractivity contribution in [3.05, 3.63) is 41.4 Å². The molecular weight excluding hydrogens is 585 g/mol. The van der Waals surface area contributed by atoms with Crippen LogP contribution in [-0.4, -0.2) is 78.1 Å². The Balaban J connectivity index is 0.000000638. The predicted molar refractivity (Wildman–Crippen MR) is 114 cm³/mol. The number of hydrogen-bond acceptors (Lipinski definition) is 7. The zero-order chi connectivity index (χ0) is 29.3. The molecule has 1 fully saturated rings. The van der Waals surface area contributed by atoms with Crippen LogP contribution in [0, 0.1) is 0 Å². The molecule has 1 saturated heterocycles. The van der Waals surface area contributed by atoms with Gasteiger partial charge < -0.3 is 15.1 Å². The van der Waals surface area contributed by atoms with Crippen LogP contribution in [0.15, 0.2) is 40.2 Å². The Labute approximate surface area is 213 Å². The number of aliphatic hydroxyl groups is 1. The molecule has 8 nitrogen and oxygen atoms in total. The van der Waals surface area contributed by atoms with E-state index in [0.717, 1.165) is 23.5 Å². The highest BCUT2D eigenvalue weighted by molar-refractivity contribution is 7.91. The number of hydrogen-bond donors (Lipinski definition) is 2. The largest absolute Gasteiger partial charge is 0.490 e. The molecule has 0 bridgehead atoms. The first-order chi connectivity index (χ1) is 17.1. The topological polar surface area (TPSA) is 111 Å². The van der Waals surface area contributed by atoms with Gasteiger partial charge in [0.25, 0.3) is 15.6 Å². The van der Waals surface area contributed by atoms with Gasteiger partial charge in [-0.3, -0.25) is 0 Å². The van der Waals surface area contributed by atoms with Gasteiger partial charge in [-0.1, -0.05) is 12.1 Å². The normalized spacial score (nSPS) is 18.1. The highest BCUT2D eigenvalue weighted by Crippen LogP contribution is 2.50. The van der Waals surface area contributed by atoms with Gasteiger partial charge in [0.2, 0.25) is 4.34 Å². The third-order valence-corrected chi connectivity index (χ3v) is 8.28. The Hall–Kier alpha value is -2.64. The van der Waals surface area contributed by atoms with Crippen LogP contribution in [0.1, 0.15) is 12.5 Å². The number of piperazine rings is 1. The maximum atomic E-state index is 13.0. The van der Waals surface area contributed by atoms with E-state index in [-0.39, 0.29) is 24.0 Å². The Bertz CT molecular complexity index is 1180. The zero-order valence-corrected chi connectivity index (χ0v) is 20.5. The molecule has 1 aliphatic rings. The maximum absolute atomic E-state index is 13.0. The van der Waals surface area contributed by atoms with Gasteiger partial charge in [0.1, 0.15) is 0 Å². The van der Waals surface area contributed by atoms with Crippen LogP contribution in [0.2, 0.25) is 0 Å². The Morgan fingerprint density at radius 3 is 1.87 bits per heavy atom. The summed E-state index contributed by atoms with van der Waals surface area (Å²) in [5, 5.41) is 18.1. The molecule has 38 heavy (non-hydrogen) atoms. The van der Waals surface area contributed by atoms with Gasteiger partial charge in [-0.25, -0.2) is 18.2 Å². The maximum Gasteiger partial charge on any atom is 0.490 e. The van der Waals surface area contributed by atoms with E-state index in [9.17, 15) is 53.0 Å². The van der Waals surface area contributed by atoms with Crippen LogP contribution in [0.3, 0.4) is 0 Å². The number of anilines is 1. The lowest BCUT2D eigenvalue weighted by Crippen LogP contribution is -2.54. The summed E-state index contributed by atoms with van der Waals surface area (Å²) in [5.41, 5.74) is -6.05. The van der Waals surface area contributed by atoms with Crippen LogP contribution in [-0.2, 0) is 20.4 Å². The van der Waals surface area contributed by atoms with E-state index in [1.54, 1.807) is 11.8 Å². The molecule has 2 N–H and O–H groups in total. The second kappa shape index (κ2) is 10.9. The summed E-state index contributed by atoms with van der Waals surface area (Å²) in [6.45, 7) is 1.95. The molecule has 2 heterocycles. The third-order valence-electron chi connectivity index (χ3n) is 5.24. The quantitative estimate of drug-likeness (QED) is 0.509. The lowest BCUT2D eigenvalue weighted by Gasteiger charge is -2.40. The number of alkyl halides is 9. The Kier molecular flexibility index (Phi) is 9.02. The number of carbonyl (C=O) groups is 1. The summed E-state index contributed by atoms with van der Waals surface area (Å²) < 4.78 is 136. The number of nitrogens with zero attached hydrogens (tertiary/aromatic N) is 3. The summed E-state index contributed by atoms with van der Waals surface area (Å²) >= 11 is 0.968. The molecule has 0 saturated carbocycles. The average molecular weight is 603 g/mol. The summed E-state index contributed by atoms with van der Waals surface area (Å²) in [5.74, 6) is -2.76. The van der Waals surface area contributed by atoms with Crippen LogP contribution in [0.25, 0.3) is 0 Å². The van der Waals surface area contributed by atoms with Crippen molar-refractivity contribution in [1.82, 2.24) is 9.29 Å². The van der Waals surface area contributed by atoms with E-state index >= 15 is 0 Å². The number of rotatable bonds is 4. The standard InChI is InChI=1S/C17H17F6N3O3S2.C2HF3O2/c1-11-10-25(31(28,29)14-24-6-9-30-14)7-8-26(11)13-4-2-12(3-5-13)15(27,16(18,19)20)17(21,22)23;3-2(4,5)1(6)7/h2-6,9,11,27H,7-8,10H2,1H3;(H,6,7)/t11-;/m0./s1. The minimum atomic E-state index is -5.96. The molecular formula is C19H18F9N3O5S2. The second-order valence-corrected chi connectivity index (χ2v) is 10.8. The number of aliphatic carboxylic acids is 1. The van der Waals surface area contributed by atoms with Gasteiger partial charge in [-0.2, -0.15) is 43.8 Å². The van der Waals surface area contributed by atoms with Crippen LogP contribution in [0.5, 0.6) is 0 Å². The van der Waals surface area contributed by atoms with Gasteiger partial charge in [0, 0.05) is 48.5 Å². The first-order valence-electron chi connectivity index (χ1n) is 10.1. The molecule has 1 atom stereocenters. The van der Waals surface area contributed by atoms with E-state index in [1.165, 1.54) is 15.9 Å². The molecule has 0 spiro atoms. The average Bonchev–Trinajstić information content (AvgIpc) is 3.33. The number of halogens is 9. The lowest BCUT2D eigenvalue weighted by atomic mass is 9.92. The van der Waals surface area contributed by atoms with Crippen molar-refractivity contribution in [2.75, 3.05) is 24.5 Å². The molecule has 0 amide bonds. The fourth-order valence-corrected chi connectivity index (χ4v) is 5.83. The van der Waals surface area contributed by atoms with Crippen LogP contribution in [0.4, 0.5) is 45.2 Å². The van der Waals surface area contributed by atoms with Crippen LogP contribution >= 0.6 is 11.3 Å². The second-order valence-electron chi connectivity index (χ2n) is 7.76. The molecule has 1 aromatic carbocycles. The zero-order valence-electron chi connectivity index (χ0n) is 18.8. The molecule has 0 radical (unpaired) electrons. The van der Waals surface area contributed by atoms with Crippen molar-refractivity contribution in [1.29, 1.82) is 0 Å². The molecule has 0 unspecified atom stereocenters. The van der Waals surface area contributed by atoms with Gasteiger partial charge in [0.05, 0.1) is 0 Å². The number of carboxylic acid groups (broad SMARTS) is 1. The number of benzene rings is 1. The number of thiazole rings is 1. The van der Waals surface area contributed by atoms with Gasteiger partial charge in [0.15, 0.2) is 0 Å². The minimum Gasteiger partial charge on any atom is -0.475 e. The first kappa shape index (κ1) is 31.6. The smallest absolute Gasteiger partial charge is 0.475 e. The monoisotopic (exact) mass is 603 g/mol. The molecule has 3 rings (SSSR count). The van der Waals surface area contributed by atoms with E-state index in [2.05, 4.69) is 4.98 Å². The molecule has 1 aromatic heterocycles. The SMILES string of the molecule is C[C@H]1CN(S(=O)(=O)c2nccs2)CCN1c1ccc(C(O)(C(F)(F)F)C(F)(F)F)cc1.O=C(O)C(F)(F)F. The summed E-state index contributed by atoms with van der Waals surface area (Å²) in [6.07, 6.45) is -15.6. The van der Waals surface area contributed by atoms with Gasteiger partial charge in [-0.15, -0.1) is 11.3 Å². The first-order valence-corrected chi connectivity index (χ1v) is 12.4. The Morgan fingerprint density at radius 1 is 1.00 bits per heavy atom. The van der Waals surface area contributed by atoms with Crippen molar-refractivity contribution < 1.29 is 62.9 Å². The minimum absolute atomic E-state index is 0.0543. The van der Waals surface area contributed by atoms with Crippen molar-refractivity contribution in [2.45, 2.75) is 41.4 Å². The summed E-state index contributed by atoms with van der Waals surface area (Å²) in [6, 6.07) is 2.81.